The molecule has 0 bridgehead atoms. The highest BCUT2D eigenvalue weighted by Crippen LogP contribution is 2.34. The third-order valence-electron chi connectivity index (χ3n) is 6.52. The molecule has 0 spiro atoms. The molecule has 138 valence electrons. The lowest BCUT2D eigenvalue weighted by molar-refractivity contribution is 1.78. The summed E-state index contributed by atoms with van der Waals surface area (Å²) in [5.74, 6) is 0. The van der Waals surface area contributed by atoms with Gasteiger partial charge >= 0.3 is 0 Å². The van der Waals surface area contributed by atoms with Crippen molar-refractivity contribution >= 4 is 64.6 Å². The van der Waals surface area contributed by atoms with Crippen molar-refractivity contribution in [3.63, 3.8) is 0 Å². The Morgan fingerprint density at radius 1 is 0.233 bits per heavy atom. The van der Waals surface area contributed by atoms with E-state index in [0.717, 1.165) is 0 Å². The van der Waals surface area contributed by atoms with Crippen LogP contribution in [0.2, 0.25) is 0 Å². The van der Waals surface area contributed by atoms with Gasteiger partial charge in [0.05, 0.1) is 0 Å². The molecular formula is C30H18. The Balaban J connectivity index is 1.59. The first-order valence-electron chi connectivity index (χ1n) is 10.4. The molecule has 0 unspecified atom stereocenters. The summed E-state index contributed by atoms with van der Waals surface area (Å²) in [6.07, 6.45) is 0. The van der Waals surface area contributed by atoms with Crippen molar-refractivity contribution in [2.24, 2.45) is 0 Å². The van der Waals surface area contributed by atoms with Gasteiger partial charge in [0.25, 0.3) is 0 Å². The average molecular weight is 378 g/mol. The lowest BCUT2D eigenvalue weighted by Gasteiger charge is -2.10. The van der Waals surface area contributed by atoms with Crippen molar-refractivity contribution in [3.05, 3.63) is 109 Å². The van der Waals surface area contributed by atoms with Gasteiger partial charge in [0.2, 0.25) is 0 Å². The van der Waals surface area contributed by atoms with Gasteiger partial charge in [-0.1, -0.05) is 72.8 Å². The van der Waals surface area contributed by atoms with Crippen molar-refractivity contribution in [2.75, 3.05) is 0 Å². The molecule has 0 saturated heterocycles. The maximum absolute atomic E-state index is 2.36. The monoisotopic (exact) mass is 378 g/mol. The van der Waals surface area contributed by atoms with Crippen LogP contribution in [0.25, 0.3) is 64.6 Å². The van der Waals surface area contributed by atoms with Crippen LogP contribution in [-0.4, -0.2) is 0 Å². The molecule has 0 aliphatic heterocycles. The number of fused-ring (bicyclic) bond motifs is 8. The minimum absolute atomic E-state index is 1.29. The Kier molecular flexibility index (Phi) is 3.09. The maximum Gasteiger partial charge on any atom is -0.00990 e. The molecule has 0 aromatic heterocycles. The molecule has 0 aliphatic carbocycles. The van der Waals surface area contributed by atoms with Crippen LogP contribution < -0.4 is 0 Å². The van der Waals surface area contributed by atoms with Crippen LogP contribution in [0.15, 0.2) is 109 Å². The molecule has 7 aromatic rings. The Morgan fingerprint density at radius 3 is 1.10 bits per heavy atom. The van der Waals surface area contributed by atoms with E-state index >= 15 is 0 Å². The first-order valence-corrected chi connectivity index (χ1v) is 10.4. The minimum atomic E-state index is 1.29. The average Bonchev–Trinajstić information content (AvgIpc) is 2.80. The first-order chi connectivity index (χ1) is 14.8. The molecule has 0 nitrogen and oxygen atoms in total. The minimum Gasteiger partial charge on any atom is -0.0616 e. The fourth-order valence-electron chi connectivity index (χ4n) is 5.01. The van der Waals surface area contributed by atoms with E-state index < -0.39 is 0 Å². The fourth-order valence-corrected chi connectivity index (χ4v) is 5.01. The normalized spacial score (nSPS) is 12.0. The van der Waals surface area contributed by atoms with Gasteiger partial charge in [0.15, 0.2) is 0 Å². The lowest BCUT2D eigenvalue weighted by atomic mass is 9.94. The predicted molar refractivity (Wildman–Crippen MR) is 131 cm³/mol. The first kappa shape index (κ1) is 16.0. The van der Waals surface area contributed by atoms with Gasteiger partial charge in [0, 0.05) is 0 Å². The molecule has 0 N–H and O–H groups in total. The number of benzene rings is 7. The maximum atomic E-state index is 2.36. The topological polar surface area (TPSA) is 0 Å². The van der Waals surface area contributed by atoms with E-state index in [0.29, 0.717) is 0 Å². The van der Waals surface area contributed by atoms with Crippen LogP contribution in [0, 0.1) is 0 Å². The van der Waals surface area contributed by atoms with Gasteiger partial charge in [-0.2, -0.15) is 0 Å². The molecule has 0 saturated carbocycles. The van der Waals surface area contributed by atoms with Crippen molar-refractivity contribution in [1.29, 1.82) is 0 Å². The van der Waals surface area contributed by atoms with Crippen LogP contribution >= 0.6 is 0 Å². The highest BCUT2D eigenvalue weighted by atomic mass is 14.1. The van der Waals surface area contributed by atoms with Crippen molar-refractivity contribution in [3.8, 4) is 0 Å². The van der Waals surface area contributed by atoms with Crippen molar-refractivity contribution < 1.29 is 0 Å². The highest BCUT2D eigenvalue weighted by molar-refractivity contribution is 6.16. The zero-order valence-corrected chi connectivity index (χ0v) is 16.4. The van der Waals surface area contributed by atoms with E-state index in [-0.39, 0.29) is 0 Å². The van der Waals surface area contributed by atoms with Gasteiger partial charge in [0.1, 0.15) is 0 Å². The molecule has 7 rings (SSSR count). The molecule has 0 radical (unpaired) electrons. The summed E-state index contributed by atoms with van der Waals surface area (Å²) in [7, 11) is 0. The Morgan fingerprint density at radius 2 is 0.600 bits per heavy atom. The zero-order valence-electron chi connectivity index (χ0n) is 16.4. The van der Waals surface area contributed by atoms with Gasteiger partial charge in [-0.05, 0) is 101 Å². The van der Waals surface area contributed by atoms with Crippen LogP contribution in [0.1, 0.15) is 0 Å². The molecule has 0 aliphatic rings. The number of rotatable bonds is 0. The molecular weight excluding hydrogens is 360 g/mol. The van der Waals surface area contributed by atoms with Crippen LogP contribution in [0.4, 0.5) is 0 Å². The Labute approximate surface area is 174 Å². The standard InChI is InChI=1S/C30H18/c1-3-7-27-19(5-1)9-11-21-13-23-16-26-18-30-22(12-10-20-6-2-4-8-28(20)30)14-24(26)15-25(23)17-29(21)27/h1-18H. The number of hydrogen-bond acceptors (Lipinski definition) is 0. The highest BCUT2D eigenvalue weighted by Gasteiger charge is 2.07. The van der Waals surface area contributed by atoms with E-state index in [9.17, 15) is 0 Å². The van der Waals surface area contributed by atoms with Gasteiger partial charge < -0.3 is 0 Å². The van der Waals surface area contributed by atoms with Gasteiger partial charge in [-0.25, -0.2) is 0 Å². The third-order valence-corrected chi connectivity index (χ3v) is 6.52. The SMILES string of the molecule is c1ccc2c(c1)ccc1cc3cc4cc5c(ccc6ccccc65)cc4cc3cc12. The molecule has 0 amide bonds. The van der Waals surface area contributed by atoms with E-state index in [1.54, 1.807) is 0 Å². The fraction of sp³-hybridized carbons (Fsp3) is 0. The lowest BCUT2D eigenvalue weighted by Crippen LogP contribution is -1.83. The van der Waals surface area contributed by atoms with E-state index in [1.807, 2.05) is 0 Å². The predicted octanol–water partition coefficient (Wildman–Crippen LogP) is 8.61. The molecule has 30 heavy (non-hydrogen) atoms. The molecule has 0 heteroatoms. The quantitative estimate of drug-likeness (QED) is 0.183. The molecule has 0 fully saturated rings. The van der Waals surface area contributed by atoms with Crippen molar-refractivity contribution in [1.82, 2.24) is 0 Å². The second kappa shape index (κ2) is 5.81. The van der Waals surface area contributed by atoms with E-state index in [1.165, 1.54) is 64.6 Å². The smallest absolute Gasteiger partial charge is 0.00990 e. The number of hydrogen-bond donors (Lipinski definition) is 0. The largest absolute Gasteiger partial charge is 0.0616 e. The van der Waals surface area contributed by atoms with Crippen LogP contribution in [0.5, 0.6) is 0 Å². The van der Waals surface area contributed by atoms with E-state index in [2.05, 4.69) is 109 Å². The summed E-state index contributed by atoms with van der Waals surface area (Å²) in [5, 5.41) is 15.7. The van der Waals surface area contributed by atoms with Gasteiger partial charge in [-0.3, -0.25) is 0 Å². The molecule has 0 atom stereocenters. The zero-order chi connectivity index (χ0) is 19.7. The summed E-state index contributed by atoms with van der Waals surface area (Å²) in [6.45, 7) is 0. The van der Waals surface area contributed by atoms with Crippen LogP contribution in [0.3, 0.4) is 0 Å². The molecule has 0 heterocycles. The van der Waals surface area contributed by atoms with Gasteiger partial charge in [-0.15, -0.1) is 0 Å². The third kappa shape index (κ3) is 2.22. The second-order valence-corrected chi connectivity index (χ2v) is 8.27. The van der Waals surface area contributed by atoms with E-state index in [4.69, 9.17) is 0 Å². The Hall–Kier alpha value is -3.90. The summed E-state index contributed by atoms with van der Waals surface area (Å²) in [5.41, 5.74) is 0. The van der Waals surface area contributed by atoms with Crippen LogP contribution in [-0.2, 0) is 0 Å². The Bertz CT molecular complexity index is 1650. The summed E-state index contributed by atoms with van der Waals surface area (Å²) < 4.78 is 0. The summed E-state index contributed by atoms with van der Waals surface area (Å²) in [6, 6.07) is 40.3. The van der Waals surface area contributed by atoms with Crippen molar-refractivity contribution in [2.45, 2.75) is 0 Å². The molecule has 7 aromatic carbocycles. The summed E-state index contributed by atoms with van der Waals surface area (Å²) in [4.78, 5) is 0. The second-order valence-electron chi connectivity index (χ2n) is 8.27. The summed E-state index contributed by atoms with van der Waals surface area (Å²) >= 11 is 0.